The lowest BCUT2D eigenvalue weighted by Gasteiger charge is -2.20. The number of carbonyl (C=O) groups excluding carboxylic acids is 1. The zero-order chi connectivity index (χ0) is 17.1. The Morgan fingerprint density at radius 1 is 1.30 bits per heavy atom. The molecule has 2 aromatic rings. The lowest BCUT2D eigenvalue weighted by Crippen LogP contribution is -2.32. The second kappa shape index (κ2) is 7.03. The topological polar surface area (TPSA) is 25.2 Å². The largest absolute Gasteiger partial charge is 0.338 e. The van der Waals surface area contributed by atoms with Crippen LogP contribution in [0.3, 0.4) is 0 Å². The summed E-state index contributed by atoms with van der Waals surface area (Å²) < 4.78 is 2.10. The third-order valence-electron chi connectivity index (χ3n) is 4.57. The maximum absolute atomic E-state index is 13.0. The molecule has 0 aliphatic carbocycles. The highest BCUT2D eigenvalue weighted by Crippen LogP contribution is 2.30. The van der Waals surface area contributed by atoms with Crippen LogP contribution in [0.1, 0.15) is 55.2 Å². The fourth-order valence-electron chi connectivity index (χ4n) is 3.15. The summed E-state index contributed by atoms with van der Waals surface area (Å²) in [4.78, 5) is 14.9. The van der Waals surface area contributed by atoms with E-state index in [9.17, 15) is 4.79 Å². The van der Waals surface area contributed by atoms with E-state index in [1.54, 1.807) is 0 Å². The lowest BCUT2D eigenvalue weighted by molar-refractivity contribution is 0.0762. The molecule has 0 N–H and O–H groups in total. The SMILES string of the molecule is C=CCn1c(C(=O)N(CC)CC)c(C)c2cc(C(C)C)ccc21. The summed E-state index contributed by atoms with van der Waals surface area (Å²) in [5, 5.41) is 1.17. The van der Waals surface area contributed by atoms with E-state index in [0.29, 0.717) is 12.5 Å². The molecule has 3 heteroatoms. The van der Waals surface area contributed by atoms with Crippen molar-refractivity contribution in [3.05, 3.63) is 47.7 Å². The molecule has 0 bridgehead atoms. The number of fused-ring (bicyclic) bond motifs is 1. The molecule has 1 heterocycles. The van der Waals surface area contributed by atoms with Crippen LogP contribution in [0.4, 0.5) is 0 Å². The number of amides is 1. The van der Waals surface area contributed by atoms with Crippen LogP contribution in [0.25, 0.3) is 10.9 Å². The van der Waals surface area contributed by atoms with Gasteiger partial charge in [-0.2, -0.15) is 0 Å². The molecule has 1 aromatic carbocycles. The van der Waals surface area contributed by atoms with Gasteiger partial charge in [0, 0.05) is 30.5 Å². The van der Waals surface area contributed by atoms with E-state index in [0.717, 1.165) is 29.9 Å². The van der Waals surface area contributed by atoms with Crippen molar-refractivity contribution in [1.29, 1.82) is 0 Å². The molecule has 0 saturated carbocycles. The summed E-state index contributed by atoms with van der Waals surface area (Å²) in [6.45, 7) is 16.4. The summed E-state index contributed by atoms with van der Waals surface area (Å²) in [6, 6.07) is 6.53. The predicted octanol–water partition coefficient (Wildman–Crippen LogP) is 4.74. The van der Waals surface area contributed by atoms with Gasteiger partial charge in [-0.05, 0) is 49.9 Å². The Balaban J connectivity index is 2.71. The van der Waals surface area contributed by atoms with Gasteiger partial charge in [-0.3, -0.25) is 4.79 Å². The van der Waals surface area contributed by atoms with E-state index in [4.69, 9.17) is 0 Å². The number of carbonyl (C=O) groups is 1. The first-order chi connectivity index (χ1) is 11.0. The number of nitrogens with zero attached hydrogens (tertiary/aromatic N) is 2. The van der Waals surface area contributed by atoms with Crippen LogP contribution < -0.4 is 0 Å². The minimum atomic E-state index is 0.108. The first-order valence-corrected chi connectivity index (χ1v) is 8.49. The van der Waals surface area contributed by atoms with Crippen LogP contribution in [0.2, 0.25) is 0 Å². The first-order valence-electron chi connectivity index (χ1n) is 8.49. The molecule has 0 atom stereocenters. The Bertz CT molecular complexity index is 721. The highest BCUT2D eigenvalue weighted by atomic mass is 16.2. The summed E-state index contributed by atoms with van der Waals surface area (Å²) in [5.41, 5.74) is 4.28. The van der Waals surface area contributed by atoms with Gasteiger partial charge in [0.25, 0.3) is 5.91 Å². The first kappa shape index (κ1) is 17.3. The highest BCUT2D eigenvalue weighted by molar-refractivity contribution is 6.01. The fraction of sp³-hybridized carbons (Fsp3) is 0.450. The van der Waals surface area contributed by atoms with Crippen molar-refractivity contribution in [3.8, 4) is 0 Å². The zero-order valence-electron chi connectivity index (χ0n) is 15.0. The minimum Gasteiger partial charge on any atom is -0.338 e. The van der Waals surface area contributed by atoms with Crippen molar-refractivity contribution < 1.29 is 4.79 Å². The molecule has 0 unspecified atom stereocenters. The van der Waals surface area contributed by atoms with Crippen molar-refractivity contribution in [2.24, 2.45) is 0 Å². The monoisotopic (exact) mass is 312 g/mol. The molecule has 1 aromatic heterocycles. The molecular weight excluding hydrogens is 284 g/mol. The van der Waals surface area contributed by atoms with Crippen LogP contribution in [0, 0.1) is 6.92 Å². The molecule has 3 nitrogen and oxygen atoms in total. The Labute approximate surface area is 139 Å². The normalized spacial score (nSPS) is 11.2. The summed E-state index contributed by atoms with van der Waals surface area (Å²) in [7, 11) is 0. The van der Waals surface area contributed by atoms with Crippen molar-refractivity contribution in [3.63, 3.8) is 0 Å². The Kier molecular flexibility index (Phi) is 5.30. The smallest absolute Gasteiger partial charge is 0.270 e. The van der Waals surface area contributed by atoms with Gasteiger partial charge in [0.15, 0.2) is 0 Å². The van der Waals surface area contributed by atoms with E-state index in [-0.39, 0.29) is 5.91 Å². The third kappa shape index (κ3) is 3.05. The average molecular weight is 312 g/mol. The van der Waals surface area contributed by atoms with Gasteiger partial charge in [0.2, 0.25) is 0 Å². The van der Waals surface area contributed by atoms with Gasteiger partial charge in [0.1, 0.15) is 5.69 Å². The van der Waals surface area contributed by atoms with Gasteiger partial charge in [-0.15, -0.1) is 6.58 Å². The van der Waals surface area contributed by atoms with Crippen molar-refractivity contribution in [2.45, 2.75) is 47.1 Å². The van der Waals surface area contributed by atoms with Crippen molar-refractivity contribution >= 4 is 16.8 Å². The number of hydrogen-bond donors (Lipinski definition) is 0. The molecule has 0 saturated heterocycles. The molecular formula is C20H28N2O. The fourth-order valence-corrected chi connectivity index (χ4v) is 3.15. The van der Waals surface area contributed by atoms with Crippen LogP contribution in [-0.4, -0.2) is 28.5 Å². The molecule has 0 radical (unpaired) electrons. The minimum absolute atomic E-state index is 0.108. The predicted molar refractivity (Wildman–Crippen MR) is 98.2 cm³/mol. The molecule has 0 spiro atoms. The van der Waals surface area contributed by atoms with E-state index >= 15 is 0 Å². The Hall–Kier alpha value is -2.03. The highest BCUT2D eigenvalue weighted by Gasteiger charge is 2.23. The number of benzene rings is 1. The number of allylic oxidation sites excluding steroid dienone is 1. The average Bonchev–Trinajstić information content (AvgIpc) is 2.81. The molecule has 124 valence electrons. The quantitative estimate of drug-likeness (QED) is 0.707. The molecule has 0 fully saturated rings. The molecule has 1 amide bonds. The maximum Gasteiger partial charge on any atom is 0.270 e. The van der Waals surface area contributed by atoms with E-state index in [1.807, 2.05) is 24.8 Å². The second-order valence-electron chi connectivity index (χ2n) is 6.28. The van der Waals surface area contributed by atoms with Gasteiger partial charge < -0.3 is 9.47 Å². The summed E-state index contributed by atoms with van der Waals surface area (Å²) in [5.74, 6) is 0.583. The van der Waals surface area contributed by atoms with Gasteiger partial charge in [-0.25, -0.2) is 0 Å². The number of aromatic nitrogens is 1. The zero-order valence-corrected chi connectivity index (χ0v) is 15.0. The Morgan fingerprint density at radius 2 is 1.96 bits per heavy atom. The van der Waals surface area contributed by atoms with Crippen LogP contribution >= 0.6 is 0 Å². The maximum atomic E-state index is 13.0. The van der Waals surface area contributed by atoms with Crippen LogP contribution in [-0.2, 0) is 6.54 Å². The molecule has 2 rings (SSSR count). The van der Waals surface area contributed by atoms with E-state index in [1.165, 1.54) is 10.9 Å². The summed E-state index contributed by atoms with van der Waals surface area (Å²) >= 11 is 0. The molecule has 0 aliphatic heterocycles. The van der Waals surface area contributed by atoms with Gasteiger partial charge in [0.05, 0.1) is 0 Å². The second-order valence-corrected chi connectivity index (χ2v) is 6.28. The number of hydrogen-bond acceptors (Lipinski definition) is 1. The standard InChI is InChI=1S/C20H28N2O/c1-7-12-22-18-11-10-16(14(4)5)13-17(18)15(6)19(22)20(23)21(8-2)9-3/h7,10-11,13-14H,1,8-9,12H2,2-6H3. The summed E-state index contributed by atoms with van der Waals surface area (Å²) in [6.07, 6.45) is 1.86. The van der Waals surface area contributed by atoms with Crippen LogP contribution in [0.15, 0.2) is 30.9 Å². The van der Waals surface area contributed by atoms with E-state index in [2.05, 4.69) is 50.1 Å². The number of aryl methyl sites for hydroxylation is 1. The third-order valence-corrected chi connectivity index (χ3v) is 4.57. The molecule has 0 aliphatic rings. The lowest BCUT2D eigenvalue weighted by atomic mass is 10.0. The van der Waals surface area contributed by atoms with Crippen molar-refractivity contribution in [2.75, 3.05) is 13.1 Å². The van der Waals surface area contributed by atoms with Crippen molar-refractivity contribution in [1.82, 2.24) is 9.47 Å². The Morgan fingerprint density at radius 3 is 2.48 bits per heavy atom. The molecule has 23 heavy (non-hydrogen) atoms. The van der Waals surface area contributed by atoms with Gasteiger partial charge >= 0.3 is 0 Å². The van der Waals surface area contributed by atoms with E-state index < -0.39 is 0 Å². The van der Waals surface area contributed by atoms with Gasteiger partial charge in [-0.1, -0.05) is 26.0 Å². The van der Waals surface area contributed by atoms with Crippen LogP contribution in [0.5, 0.6) is 0 Å². The number of rotatable bonds is 6.